The maximum atomic E-state index is 12.9. The Bertz CT molecular complexity index is 1030. The fourth-order valence-electron chi connectivity index (χ4n) is 2.65. The maximum absolute atomic E-state index is 12.9. The summed E-state index contributed by atoms with van der Waals surface area (Å²) in [6.45, 7) is 5.69. The minimum Gasteiger partial charge on any atom is -0.325 e. The number of halogens is 1. The van der Waals surface area contributed by atoms with Gasteiger partial charge < -0.3 is 5.32 Å². The number of nitrogens with zero attached hydrogens (tertiary/aromatic N) is 2. The van der Waals surface area contributed by atoms with Gasteiger partial charge in [-0.15, -0.1) is 0 Å². The third-order valence-corrected chi connectivity index (χ3v) is 5.65. The number of carbonyl (C=O) groups is 1. The standard InChI is InChI=1S/C20H20BrN3O2S/c1-12(2)24-19(26)16-6-4-5-7-17(16)23-20(24)27-13(3)18(25)22-15-10-8-14(21)9-11-15/h4-13H,1-3H3,(H,22,25). The summed E-state index contributed by atoms with van der Waals surface area (Å²) in [7, 11) is 0. The van der Waals surface area contributed by atoms with Gasteiger partial charge in [0.05, 0.1) is 16.2 Å². The van der Waals surface area contributed by atoms with Crippen molar-refractivity contribution in [3.8, 4) is 0 Å². The van der Waals surface area contributed by atoms with Gasteiger partial charge in [0.2, 0.25) is 5.91 Å². The predicted molar refractivity (Wildman–Crippen MR) is 114 cm³/mol. The van der Waals surface area contributed by atoms with Crippen LogP contribution in [0.15, 0.2) is 63.0 Å². The molecule has 1 unspecified atom stereocenters. The van der Waals surface area contributed by atoms with Crippen LogP contribution in [0.25, 0.3) is 10.9 Å². The van der Waals surface area contributed by atoms with Crippen molar-refractivity contribution in [1.29, 1.82) is 0 Å². The average molecular weight is 446 g/mol. The van der Waals surface area contributed by atoms with Gasteiger partial charge in [-0.25, -0.2) is 4.98 Å². The Morgan fingerprint density at radius 2 is 1.78 bits per heavy atom. The lowest BCUT2D eigenvalue weighted by atomic mass is 10.2. The molecule has 27 heavy (non-hydrogen) atoms. The number of nitrogens with one attached hydrogen (secondary N) is 1. The first-order valence-electron chi connectivity index (χ1n) is 8.61. The molecule has 1 aromatic heterocycles. The highest BCUT2D eigenvalue weighted by molar-refractivity contribution is 9.10. The first-order chi connectivity index (χ1) is 12.9. The number of carbonyl (C=O) groups excluding carboxylic acids is 1. The molecule has 0 aliphatic rings. The lowest BCUT2D eigenvalue weighted by molar-refractivity contribution is -0.115. The Morgan fingerprint density at radius 3 is 2.44 bits per heavy atom. The van der Waals surface area contributed by atoms with Crippen molar-refractivity contribution in [3.63, 3.8) is 0 Å². The van der Waals surface area contributed by atoms with E-state index in [0.29, 0.717) is 16.1 Å². The van der Waals surface area contributed by atoms with Crippen LogP contribution in [0.4, 0.5) is 5.69 Å². The molecule has 3 rings (SSSR count). The lowest BCUT2D eigenvalue weighted by Crippen LogP contribution is -2.28. The van der Waals surface area contributed by atoms with Crippen LogP contribution >= 0.6 is 27.7 Å². The van der Waals surface area contributed by atoms with E-state index >= 15 is 0 Å². The highest BCUT2D eigenvalue weighted by atomic mass is 79.9. The first-order valence-corrected chi connectivity index (χ1v) is 10.3. The smallest absolute Gasteiger partial charge is 0.262 e. The van der Waals surface area contributed by atoms with E-state index in [9.17, 15) is 9.59 Å². The molecule has 0 aliphatic heterocycles. The van der Waals surface area contributed by atoms with E-state index in [4.69, 9.17) is 0 Å². The molecule has 3 aromatic rings. The van der Waals surface area contributed by atoms with Crippen LogP contribution in [0.5, 0.6) is 0 Å². The van der Waals surface area contributed by atoms with Gasteiger partial charge in [0.15, 0.2) is 5.16 Å². The van der Waals surface area contributed by atoms with Crippen molar-refractivity contribution in [2.75, 3.05) is 5.32 Å². The number of hydrogen-bond donors (Lipinski definition) is 1. The molecular weight excluding hydrogens is 426 g/mol. The largest absolute Gasteiger partial charge is 0.325 e. The molecule has 1 N–H and O–H groups in total. The molecule has 2 aromatic carbocycles. The number of aromatic nitrogens is 2. The molecule has 1 atom stereocenters. The fraction of sp³-hybridized carbons (Fsp3) is 0.250. The van der Waals surface area contributed by atoms with E-state index < -0.39 is 5.25 Å². The van der Waals surface area contributed by atoms with Crippen molar-refractivity contribution < 1.29 is 4.79 Å². The van der Waals surface area contributed by atoms with Gasteiger partial charge in [0, 0.05) is 16.2 Å². The van der Waals surface area contributed by atoms with E-state index in [1.807, 2.05) is 63.2 Å². The second kappa shape index (κ2) is 8.27. The Hall–Kier alpha value is -2.12. The summed E-state index contributed by atoms with van der Waals surface area (Å²) in [5, 5.41) is 3.62. The van der Waals surface area contributed by atoms with Crippen LogP contribution in [-0.4, -0.2) is 20.7 Å². The molecule has 1 amide bonds. The lowest BCUT2D eigenvalue weighted by Gasteiger charge is -2.18. The van der Waals surface area contributed by atoms with Crippen molar-refractivity contribution in [3.05, 3.63) is 63.4 Å². The molecule has 0 fully saturated rings. The van der Waals surface area contributed by atoms with Crippen LogP contribution in [0.3, 0.4) is 0 Å². The summed E-state index contributed by atoms with van der Waals surface area (Å²) in [6, 6.07) is 14.6. The topological polar surface area (TPSA) is 64.0 Å². The number of benzene rings is 2. The number of amides is 1. The summed E-state index contributed by atoms with van der Waals surface area (Å²) in [5.41, 5.74) is 1.28. The molecule has 140 valence electrons. The second-order valence-corrected chi connectivity index (χ2v) is 8.66. The van der Waals surface area contributed by atoms with E-state index in [2.05, 4.69) is 26.2 Å². The van der Waals surface area contributed by atoms with Gasteiger partial charge in [0.25, 0.3) is 5.56 Å². The monoisotopic (exact) mass is 445 g/mol. The molecule has 0 spiro atoms. The zero-order valence-electron chi connectivity index (χ0n) is 15.3. The quantitative estimate of drug-likeness (QED) is 0.449. The normalized spacial score (nSPS) is 12.3. The third kappa shape index (κ3) is 4.42. The van der Waals surface area contributed by atoms with Crippen LogP contribution < -0.4 is 10.9 Å². The number of rotatable bonds is 5. The molecule has 1 heterocycles. The fourth-order valence-corrected chi connectivity index (χ4v) is 3.96. The molecular formula is C20H20BrN3O2S. The Labute approximate surface area is 170 Å². The van der Waals surface area contributed by atoms with E-state index in [1.165, 1.54) is 11.8 Å². The van der Waals surface area contributed by atoms with E-state index in [-0.39, 0.29) is 17.5 Å². The molecule has 7 heteroatoms. The van der Waals surface area contributed by atoms with Gasteiger partial charge in [-0.2, -0.15) is 0 Å². The Balaban J connectivity index is 1.88. The number of para-hydroxylation sites is 1. The maximum Gasteiger partial charge on any atom is 0.262 e. The van der Waals surface area contributed by atoms with Gasteiger partial charge in [-0.1, -0.05) is 39.8 Å². The molecule has 0 saturated carbocycles. The van der Waals surface area contributed by atoms with Gasteiger partial charge in [-0.3, -0.25) is 14.2 Å². The number of anilines is 1. The van der Waals surface area contributed by atoms with E-state index in [0.717, 1.165) is 10.2 Å². The van der Waals surface area contributed by atoms with Crippen LogP contribution in [0.2, 0.25) is 0 Å². The highest BCUT2D eigenvalue weighted by Gasteiger charge is 2.20. The average Bonchev–Trinajstić information content (AvgIpc) is 2.63. The predicted octanol–water partition coefficient (Wildman–Crippen LogP) is 4.86. The molecule has 0 radical (unpaired) electrons. The third-order valence-electron chi connectivity index (χ3n) is 4.06. The minimum atomic E-state index is -0.410. The minimum absolute atomic E-state index is 0.0566. The molecule has 5 nitrogen and oxygen atoms in total. The SMILES string of the molecule is CC(Sc1nc2ccccc2c(=O)n1C(C)C)C(=O)Nc1ccc(Br)cc1. The summed E-state index contributed by atoms with van der Waals surface area (Å²) in [6.07, 6.45) is 0. The van der Waals surface area contributed by atoms with Crippen molar-refractivity contribution in [2.45, 2.75) is 37.2 Å². The number of thioether (sulfide) groups is 1. The summed E-state index contributed by atoms with van der Waals surface area (Å²) in [4.78, 5) is 30.1. The summed E-state index contributed by atoms with van der Waals surface area (Å²) < 4.78 is 2.60. The zero-order valence-corrected chi connectivity index (χ0v) is 17.7. The van der Waals surface area contributed by atoms with Crippen molar-refractivity contribution in [2.24, 2.45) is 0 Å². The van der Waals surface area contributed by atoms with Crippen molar-refractivity contribution in [1.82, 2.24) is 9.55 Å². The zero-order chi connectivity index (χ0) is 19.6. The Kier molecular flexibility index (Phi) is 6.01. The molecule has 0 bridgehead atoms. The number of hydrogen-bond acceptors (Lipinski definition) is 4. The Morgan fingerprint density at radius 1 is 1.11 bits per heavy atom. The van der Waals surface area contributed by atoms with Crippen molar-refractivity contribution >= 4 is 50.2 Å². The summed E-state index contributed by atoms with van der Waals surface area (Å²) >= 11 is 4.66. The van der Waals surface area contributed by atoms with Crippen LogP contribution in [0, 0.1) is 0 Å². The second-order valence-electron chi connectivity index (χ2n) is 6.44. The number of fused-ring (bicyclic) bond motifs is 1. The van der Waals surface area contributed by atoms with Crippen LogP contribution in [-0.2, 0) is 4.79 Å². The van der Waals surface area contributed by atoms with Gasteiger partial charge >= 0.3 is 0 Å². The van der Waals surface area contributed by atoms with Crippen LogP contribution in [0.1, 0.15) is 26.8 Å². The van der Waals surface area contributed by atoms with E-state index in [1.54, 1.807) is 10.6 Å². The summed E-state index contributed by atoms with van der Waals surface area (Å²) in [5.74, 6) is -0.139. The molecule has 0 aliphatic carbocycles. The van der Waals surface area contributed by atoms with Gasteiger partial charge in [0.1, 0.15) is 0 Å². The molecule has 0 saturated heterocycles. The van der Waals surface area contributed by atoms with Gasteiger partial charge in [-0.05, 0) is 57.2 Å². The first kappa shape index (κ1) is 19.6. The highest BCUT2D eigenvalue weighted by Crippen LogP contribution is 2.26.